The maximum atomic E-state index is 6.50. The molecule has 0 spiro atoms. The van der Waals surface area contributed by atoms with Gasteiger partial charge in [-0.3, -0.25) is 4.98 Å². The molecule has 2 atom stereocenters. The maximum absolute atomic E-state index is 6.50. The second-order valence-electron chi connectivity index (χ2n) is 8.05. The summed E-state index contributed by atoms with van der Waals surface area (Å²) in [5.74, 6) is 1.46. The molecule has 1 N–H and O–H groups in total. The summed E-state index contributed by atoms with van der Waals surface area (Å²) in [6.45, 7) is 2.61. The topological polar surface area (TPSA) is 51.5 Å². The first kappa shape index (κ1) is 23.2. The van der Waals surface area contributed by atoms with Crippen molar-refractivity contribution in [3.05, 3.63) is 102 Å². The van der Waals surface area contributed by atoms with Crippen molar-refractivity contribution < 1.29 is 9.47 Å². The third-order valence-corrected chi connectivity index (χ3v) is 6.63. The Labute approximate surface area is 215 Å². The number of hydrogen-bond acceptors (Lipinski definition) is 4. The summed E-state index contributed by atoms with van der Waals surface area (Å²) in [5.41, 5.74) is 3.86. The van der Waals surface area contributed by atoms with Gasteiger partial charge in [-0.25, -0.2) is 0 Å². The lowest BCUT2D eigenvalue weighted by Gasteiger charge is -2.29. The fourth-order valence-electron chi connectivity index (χ4n) is 4.48. The lowest BCUT2D eigenvalue weighted by molar-refractivity contribution is 0.340. The molecular formula is C27H25ClN4O2S. The number of pyridine rings is 1. The van der Waals surface area contributed by atoms with Crippen molar-refractivity contribution in [2.75, 3.05) is 18.6 Å². The fraction of sp³-hybridized carbons (Fsp3) is 0.185. The smallest absolute Gasteiger partial charge is 0.174 e. The second-order valence-corrected chi connectivity index (χ2v) is 8.84. The number of aromatic nitrogens is 2. The molecule has 2 aromatic heterocycles. The molecule has 35 heavy (non-hydrogen) atoms. The van der Waals surface area contributed by atoms with Gasteiger partial charge in [0.2, 0.25) is 0 Å². The fourth-order valence-corrected chi connectivity index (χ4v) is 5.08. The lowest BCUT2D eigenvalue weighted by atomic mass is 10.0. The van der Waals surface area contributed by atoms with Crippen molar-refractivity contribution >= 4 is 34.6 Å². The molecule has 2 aromatic carbocycles. The minimum Gasteiger partial charge on any atom is -0.495 e. The van der Waals surface area contributed by atoms with E-state index < -0.39 is 0 Å². The molecule has 0 unspecified atom stereocenters. The van der Waals surface area contributed by atoms with E-state index in [2.05, 4.69) is 44.2 Å². The predicted octanol–water partition coefficient (Wildman–Crippen LogP) is 6.11. The minimum absolute atomic E-state index is 0.166. The highest BCUT2D eigenvalue weighted by Gasteiger charge is 2.42. The Morgan fingerprint density at radius 3 is 2.51 bits per heavy atom. The molecular weight excluding hydrogens is 480 g/mol. The summed E-state index contributed by atoms with van der Waals surface area (Å²) in [6.07, 6.45) is 3.86. The van der Waals surface area contributed by atoms with Crippen LogP contribution in [0.2, 0.25) is 5.02 Å². The minimum atomic E-state index is -0.177. The Kier molecular flexibility index (Phi) is 6.61. The number of thiocarbonyl (C=S) groups is 1. The van der Waals surface area contributed by atoms with Gasteiger partial charge in [-0.2, -0.15) is 0 Å². The molecule has 178 valence electrons. The number of ether oxygens (including phenoxy) is 2. The van der Waals surface area contributed by atoms with Crippen LogP contribution in [0.3, 0.4) is 0 Å². The highest BCUT2D eigenvalue weighted by molar-refractivity contribution is 7.80. The van der Waals surface area contributed by atoms with Gasteiger partial charge in [-0.1, -0.05) is 17.7 Å². The Bertz CT molecular complexity index is 1330. The van der Waals surface area contributed by atoms with Crippen molar-refractivity contribution in [2.24, 2.45) is 0 Å². The largest absolute Gasteiger partial charge is 0.495 e. The summed E-state index contributed by atoms with van der Waals surface area (Å²) in [4.78, 5) is 6.74. The molecule has 8 heteroatoms. The van der Waals surface area contributed by atoms with Crippen LogP contribution in [0, 0.1) is 0 Å². The number of benzene rings is 2. The van der Waals surface area contributed by atoms with E-state index in [9.17, 15) is 0 Å². The van der Waals surface area contributed by atoms with Crippen molar-refractivity contribution in [2.45, 2.75) is 19.0 Å². The third kappa shape index (κ3) is 4.45. The van der Waals surface area contributed by atoms with Crippen LogP contribution in [-0.4, -0.2) is 28.4 Å². The summed E-state index contributed by atoms with van der Waals surface area (Å²) >= 11 is 12.4. The van der Waals surface area contributed by atoms with E-state index >= 15 is 0 Å². The van der Waals surface area contributed by atoms with E-state index in [-0.39, 0.29) is 12.1 Å². The van der Waals surface area contributed by atoms with Crippen molar-refractivity contribution in [1.82, 2.24) is 14.9 Å². The van der Waals surface area contributed by atoms with Crippen molar-refractivity contribution in [3.63, 3.8) is 0 Å². The molecule has 0 saturated carbocycles. The molecule has 6 nitrogen and oxygen atoms in total. The zero-order valence-electron chi connectivity index (χ0n) is 19.4. The van der Waals surface area contributed by atoms with E-state index in [0.717, 1.165) is 28.5 Å². The van der Waals surface area contributed by atoms with Gasteiger partial charge < -0.3 is 24.3 Å². The Morgan fingerprint density at radius 1 is 1.03 bits per heavy atom. The number of nitrogens with one attached hydrogen (secondary N) is 1. The highest BCUT2D eigenvalue weighted by atomic mass is 35.5. The van der Waals surface area contributed by atoms with E-state index in [0.29, 0.717) is 22.5 Å². The summed E-state index contributed by atoms with van der Waals surface area (Å²) in [6, 6.07) is 23.5. The number of methoxy groups -OCH3 is 1. The van der Waals surface area contributed by atoms with Gasteiger partial charge in [0.25, 0.3) is 0 Å². The summed E-state index contributed by atoms with van der Waals surface area (Å²) in [7, 11) is 1.60. The lowest BCUT2D eigenvalue weighted by Crippen LogP contribution is -2.30. The summed E-state index contributed by atoms with van der Waals surface area (Å²) < 4.78 is 13.2. The average molecular weight is 505 g/mol. The van der Waals surface area contributed by atoms with Crippen LogP contribution in [0.1, 0.15) is 30.4 Å². The van der Waals surface area contributed by atoms with Crippen LogP contribution >= 0.6 is 23.8 Å². The van der Waals surface area contributed by atoms with Gasteiger partial charge in [0, 0.05) is 29.5 Å². The molecule has 1 saturated heterocycles. The monoisotopic (exact) mass is 504 g/mol. The molecule has 1 aliphatic heterocycles. The molecule has 0 radical (unpaired) electrons. The first-order valence-electron chi connectivity index (χ1n) is 11.4. The first-order valence-corrected chi connectivity index (χ1v) is 12.1. The molecule has 0 bridgehead atoms. The van der Waals surface area contributed by atoms with Crippen LogP contribution in [0.4, 0.5) is 5.69 Å². The number of hydrogen-bond donors (Lipinski definition) is 1. The van der Waals surface area contributed by atoms with Gasteiger partial charge >= 0.3 is 0 Å². The third-order valence-electron chi connectivity index (χ3n) is 6.02. The zero-order chi connectivity index (χ0) is 24.4. The SMILES string of the molecule is CCOc1ccc(-n2cccc2[C@H]2[C@H](c3ccccn3)NC(=S)N2c2ccc(OC)c(Cl)c2)cc1. The van der Waals surface area contributed by atoms with E-state index in [4.69, 9.17) is 33.3 Å². The highest BCUT2D eigenvalue weighted by Crippen LogP contribution is 2.43. The molecule has 0 aliphatic carbocycles. The van der Waals surface area contributed by atoms with Crippen LogP contribution in [-0.2, 0) is 0 Å². The quantitative estimate of drug-likeness (QED) is 0.306. The van der Waals surface area contributed by atoms with Crippen LogP contribution in [0.25, 0.3) is 5.69 Å². The predicted molar refractivity (Wildman–Crippen MR) is 143 cm³/mol. The van der Waals surface area contributed by atoms with Crippen LogP contribution in [0.15, 0.2) is 85.2 Å². The first-order chi connectivity index (χ1) is 17.1. The van der Waals surface area contributed by atoms with Gasteiger partial charge in [-0.05, 0) is 85.9 Å². The average Bonchev–Trinajstić information content (AvgIpc) is 3.49. The molecule has 1 aliphatic rings. The molecule has 5 rings (SSSR count). The van der Waals surface area contributed by atoms with Crippen LogP contribution in [0.5, 0.6) is 11.5 Å². The number of anilines is 1. The zero-order valence-corrected chi connectivity index (χ0v) is 21.0. The Hall–Kier alpha value is -3.55. The van der Waals surface area contributed by atoms with Gasteiger partial charge in [0.1, 0.15) is 17.5 Å². The Balaban J connectivity index is 1.62. The number of nitrogens with zero attached hydrogens (tertiary/aromatic N) is 3. The van der Waals surface area contributed by atoms with Crippen molar-refractivity contribution in [1.29, 1.82) is 0 Å². The number of rotatable bonds is 7. The summed E-state index contributed by atoms with van der Waals surface area (Å²) in [5, 5.41) is 4.62. The van der Waals surface area contributed by atoms with Crippen LogP contribution < -0.4 is 19.7 Å². The molecule has 0 amide bonds. The van der Waals surface area contributed by atoms with E-state index in [1.807, 2.05) is 61.5 Å². The van der Waals surface area contributed by atoms with Gasteiger partial charge in [-0.15, -0.1) is 0 Å². The van der Waals surface area contributed by atoms with Gasteiger partial charge in [0.15, 0.2) is 5.11 Å². The number of halogens is 1. The van der Waals surface area contributed by atoms with E-state index in [1.165, 1.54) is 0 Å². The molecule has 3 heterocycles. The standard InChI is InChI=1S/C27H25ClN4O2S/c1-3-34-20-12-9-18(10-13-20)31-16-6-8-23(31)26-25(22-7-4-5-15-29-22)30-27(35)32(26)19-11-14-24(33-2)21(28)17-19/h4-17,25-26H,3H2,1-2H3,(H,30,35)/t25-,26-/m0/s1. The normalized spacial score (nSPS) is 17.3. The van der Waals surface area contributed by atoms with Gasteiger partial charge in [0.05, 0.1) is 30.5 Å². The van der Waals surface area contributed by atoms with Crippen molar-refractivity contribution in [3.8, 4) is 17.2 Å². The molecule has 4 aromatic rings. The van der Waals surface area contributed by atoms with E-state index in [1.54, 1.807) is 13.3 Å². The molecule has 1 fully saturated rings. The maximum Gasteiger partial charge on any atom is 0.174 e. The Morgan fingerprint density at radius 2 is 1.83 bits per heavy atom. The second kappa shape index (κ2) is 9.98.